The molecule has 0 aliphatic heterocycles. The number of thioether (sulfide) groups is 1. The molecule has 1 aromatic rings. The van der Waals surface area contributed by atoms with E-state index in [-0.39, 0.29) is 0 Å². The van der Waals surface area contributed by atoms with Crippen LogP contribution in [0.25, 0.3) is 0 Å². The van der Waals surface area contributed by atoms with E-state index in [2.05, 4.69) is 18.5 Å². The minimum absolute atomic E-state index is 0.346. The second-order valence-corrected chi connectivity index (χ2v) is 6.57. The molecule has 3 heteroatoms. The van der Waals surface area contributed by atoms with Crippen molar-refractivity contribution in [3.8, 4) is 5.75 Å². The van der Waals surface area contributed by atoms with Gasteiger partial charge in [-0.3, -0.25) is 0 Å². The van der Waals surface area contributed by atoms with Gasteiger partial charge in [0, 0.05) is 17.3 Å². The van der Waals surface area contributed by atoms with E-state index in [1.807, 2.05) is 23.9 Å². The molecule has 0 bridgehead atoms. The average Bonchev–Trinajstić information content (AvgIpc) is 2.46. The maximum Gasteiger partial charge on any atom is 0.115 e. The summed E-state index contributed by atoms with van der Waals surface area (Å²) in [4.78, 5) is 0. The Kier molecular flexibility index (Phi) is 5.59. The lowest BCUT2D eigenvalue weighted by Crippen LogP contribution is -2.36. The Bertz CT molecular complexity index is 371. The molecule has 0 spiro atoms. The van der Waals surface area contributed by atoms with Crippen LogP contribution in [0.15, 0.2) is 24.3 Å². The van der Waals surface area contributed by atoms with Crippen LogP contribution in [-0.2, 0) is 0 Å². The number of phenolic OH excluding ortho intramolecular Hbond substituents is 1. The molecular weight excluding hydrogens is 254 g/mol. The number of rotatable bonds is 5. The van der Waals surface area contributed by atoms with Gasteiger partial charge in [0.15, 0.2) is 0 Å². The van der Waals surface area contributed by atoms with Crippen molar-refractivity contribution in [3.63, 3.8) is 0 Å². The van der Waals surface area contributed by atoms with Crippen molar-refractivity contribution in [2.45, 2.75) is 56.4 Å². The van der Waals surface area contributed by atoms with Crippen LogP contribution in [0.3, 0.4) is 0 Å². The quantitative estimate of drug-likeness (QED) is 0.851. The fourth-order valence-electron chi connectivity index (χ4n) is 2.91. The topological polar surface area (TPSA) is 32.3 Å². The first-order valence-corrected chi connectivity index (χ1v) is 8.59. The van der Waals surface area contributed by atoms with Gasteiger partial charge in [0.25, 0.3) is 0 Å². The van der Waals surface area contributed by atoms with Gasteiger partial charge in [-0.15, -0.1) is 0 Å². The third kappa shape index (κ3) is 4.15. The second kappa shape index (κ2) is 7.20. The molecule has 0 radical (unpaired) electrons. The summed E-state index contributed by atoms with van der Waals surface area (Å²) in [6.07, 6.45) is 8.58. The lowest BCUT2D eigenvalue weighted by atomic mass is 9.93. The molecule has 0 saturated heterocycles. The summed E-state index contributed by atoms with van der Waals surface area (Å²) in [7, 11) is 0. The lowest BCUT2D eigenvalue weighted by Gasteiger charge is -2.31. The zero-order valence-electron chi connectivity index (χ0n) is 11.9. The maximum absolute atomic E-state index is 9.37. The van der Waals surface area contributed by atoms with Crippen LogP contribution in [0.4, 0.5) is 0 Å². The monoisotopic (exact) mass is 279 g/mol. The number of hydrogen-bond donors (Lipinski definition) is 2. The molecule has 1 unspecified atom stereocenters. The number of hydrogen-bond acceptors (Lipinski definition) is 3. The highest BCUT2D eigenvalue weighted by atomic mass is 32.2. The predicted octanol–water partition coefficient (Wildman–Crippen LogP) is 4.11. The van der Waals surface area contributed by atoms with Gasteiger partial charge in [0.05, 0.1) is 0 Å². The molecule has 1 aromatic carbocycles. The number of aromatic hydroxyl groups is 1. The summed E-state index contributed by atoms with van der Waals surface area (Å²) in [6.45, 7) is 2.22. The van der Waals surface area contributed by atoms with E-state index in [1.165, 1.54) is 31.2 Å². The van der Waals surface area contributed by atoms with Crippen LogP contribution in [0, 0.1) is 0 Å². The first-order valence-electron chi connectivity index (χ1n) is 7.30. The van der Waals surface area contributed by atoms with E-state index in [0.717, 1.165) is 11.7 Å². The molecule has 106 valence electrons. The minimum atomic E-state index is 0.346. The predicted molar refractivity (Wildman–Crippen MR) is 83.8 cm³/mol. The summed E-state index contributed by atoms with van der Waals surface area (Å²) >= 11 is 2.01. The zero-order chi connectivity index (χ0) is 13.7. The highest BCUT2D eigenvalue weighted by molar-refractivity contribution is 7.99. The summed E-state index contributed by atoms with van der Waals surface area (Å²) in [5.74, 6) is 0.346. The third-order valence-electron chi connectivity index (χ3n) is 4.15. The standard InChI is InChI=1S/C16H25NOS/c1-3-16(12-4-8-14(18)9-5-12)17-13-6-10-15(19-2)11-7-13/h4-5,8-9,13,15-18H,3,6-7,10-11H2,1-2H3. The smallest absolute Gasteiger partial charge is 0.115 e. The molecule has 2 nitrogen and oxygen atoms in total. The van der Waals surface area contributed by atoms with Gasteiger partial charge in [-0.2, -0.15) is 11.8 Å². The van der Waals surface area contributed by atoms with Gasteiger partial charge in [0.1, 0.15) is 5.75 Å². The Labute approximate surface area is 121 Å². The van der Waals surface area contributed by atoms with E-state index in [1.54, 1.807) is 12.1 Å². The Morgan fingerprint density at radius 1 is 1.21 bits per heavy atom. The van der Waals surface area contributed by atoms with E-state index in [9.17, 15) is 5.11 Å². The van der Waals surface area contributed by atoms with Gasteiger partial charge in [-0.1, -0.05) is 19.1 Å². The van der Waals surface area contributed by atoms with Crippen molar-refractivity contribution in [2.75, 3.05) is 6.26 Å². The third-order valence-corrected chi connectivity index (χ3v) is 5.29. The minimum Gasteiger partial charge on any atom is -0.508 e. The fourth-order valence-corrected chi connectivity index (χ4v) is 3.65. The molecule has 2 N–H and O–H groups in total. The van der Waals surface area contributed by atoms with Gasteiger partial charge < -0.3 is 10.4 Å². The van der Waals surface area contributed by atoms with Crippen LogP contribution in [0.1, 0.15) is 50.6 Å². The molecule has 1 aliphatic carbocycles. The lowest BCUT2D eigenvalue weighted by molar-refractivity contribution is 0.339. The van der Waals surface area contributed by atoms with Gasteiger partial charge in [0.2, 0.25) is 0 Å². The zero-order valence-corrected chi connectivity index (χ0v) is 12.7. The summed E-state index contributed by atoms with van der Waals surface area (Å²) in [5.41, 5.74) is 1.28. The first kappa shape index (κ1) is 14.7. The number of nitrogens with one attached hydrogen (secondary N) is 1. The van der Waals surface area contributed by atoms with Crippen LogP contribution < -0.4 is 5.32 Å². The molecule has 0 amide bonds. The molecular formula is C16H25NOS. The molecule has 19 heavy (non-hydrogen) atoms. The van der Waals surface area contributed by atoms with Crippen LogP contribution in [0.2, 0.25) is 0 Å². The van der Waals surface area contributed by atoms with E-state index >= 15 is 0 Å². The molecule has 1 aliphatic rings. The summed E-state index contributed by atoms with van der Waals surface area (Å²) < 4.78 is 0. The Morgan fingerprint density at radius 2 is 1.84 bits per heavy atom. The Hall–Kier alpha value is -0.670. The normalized spacial score (nSPS) is 25.2. The van der Waals surface area contributed by atoms with Crippen molar-refractivity contribution in [1.29, 1.82) is 0 Å². The Morgan fingerprint density at radius 3 is 2.37 bits per heavy atom. The van der Waals surface area contributed by atoms with Crippen molar-refractivity contribution in [1.82, 2.24) is 5.32 Å². The highest BCUT2D eigenvalue weighted by Crippen LogP contribution is 2.29. The summed E-state index contributed by atoms with van der Waals surface area (Å²) in [6, 6.07) is 8.70. The largest absolute Gasteiger partial charge is 0.508 e. The van der Waals surface area contributed by atoms with Crippen LogP contribution in [-0.4, -0.2) is 22.7 Å². The maximum atomic E-state index is 9.37. The van der Waals surface area contributed by atoms with Gasteiger partial charge in [-0.05, 0) is 56.1 Å². The van der Waals surface area contributed by atoms with E-state index in [4.69, 9.17) is 0 Å². The molecule has 0 heterocycles. The van der Waals surface area contributed by atoms with Crippen LogP contribution in [0.5, 0.6) is 5.75 Å². The van der Waals surface area contributed by atoms with E-state index < -0.39 is 0 Å². The highest BCUT2D eigenvalue weighted by Gasteiger charge is 2.22. The van der Waals surface area contributed by atoms with Gasteiger partial charge >= 0.3 is 0 Å². The fraction of sp³-hybridized carbons (Fsp3) is 0.625. The summed E-state index contributed by atoms with van der Waals surface area (Å²) in [5, 5.41) is 14.0. The molecule has 1 atom stereocenters. The Balaban J connectivity index is 1.91. The second-order valence-electron chi connectivity index (χ2n) is 5.43. The molecule has 2 rings (SSSR count). The molecule has 1 fully saturated rings. The van der Waals surface area contributed by atoms with E-state index in [0.29, 0.717) is 17.8 Å². The van der Waals surface area contributed by atoms with Crippen molar-refractivity contribution < 1.29 is 5.11 Å². The molecule has 0 aromatic heterocycles. The SMILES string of the molecule is CCC(NC1CCC(SC)CC1)c1ccc(O)cc1. The van der Waals surface area contributed by atoms with Crippen molar-refractivity contribution in [2.24, 2.45) is 0 Å². The van der Waals surface area contributed by atoms with Crippen molar-refractivity contribution >= 4 is 11.8 Å². The van der Waals surface area contributed by atoms with Crippen LogP contribution >= 0.6 is 11.8 Å². The first-order chi connectivity index (χ1) is 9.22. The number of phenols is 1. The number of benzene rings is 1. The molecule has 1 saturated carbocycles. The van der Waals surface area contributed by atoms with Crippen molar-refractivity contribution in [3.05, 3.63) is 29.8 Å². The average molecular weight is 279 g/mol. The van der Waals surface area contributed by atoms with Gasteiger partial charge in [-0.25, -0.2) is 0 Å².